The Kier molecular flexibility index (Phi) is 5.50. The summed E-state index contributed by atoms with van der Waals surface area (Å²) >= 11 is 0. The number of rotatable bonds is 5. The topological polar surface area (TPSA) is 15.3 Å². The van der Waals surface area contributed by atoms with Crippen molar-refractivity contribution in [3.8, 4) is 0 Å². The van der Waals surface area contributed by atoms with Gasteiger partial charge in [-0.2, -0.15) is 0 Å². The lowest BCUT2D eigenvalue weighted by Gasteiger charge is -2.43. The van der Waals surface area contributed by atoms with Crippen LogP contribution in [0.4, 0.5) is 0 Å². The highest BCUT2D eigenvalue weighted by Gasteiger charge is 2.34. The summed E-state index contributed by atoms with van der Waals surface area (Å²) in [5.74, 6) is 0.915. The molecule has 1 heterocycles. The van der Waals surface area contributed by atoms with Gasteiger partial charge in [0.25, 0.3) is 0 Å². The average Bonchev–Trinajstić information content (AvgIpc) is 2.38. The normalized spacial score (nSPS) is 29.3. The lowest BCUT2D eigenvalue weighted by Crippen LogP contribution is -2.48. The molecule has 1 saturated carbocycles. The van der Waals surface area contributed by atoms with Gasteiger partial charge in [0.1, 0.15) is 0 Å². The number of likely N-dealkylation sites (tertiary alicyclic amines) is 1. The van der Waals surface area contributed by atoms with Gasteiger partial charge in [-0.05, 0) is 50.1 Å². The van der Waals surface area contributed by atoms with E-state index in [-0.39, 0.29) is 0 Å². The minimum atomic E-state index is 0.589. The van der Waals surface area contributed by atoms with Crippen LogP contribution in [-0.4, -0.2) is 37.6 Å². The molecule has 2 rings (SSSR count). The largest absolute Gasteiger partial charge is 0.316 e. The highest BCUT2D eigenvalue weighted by atomic mass is 15.1. The van der Waals surface area contributed by atoms with Gasteiger partial charge in [0.2, 0.25) is 0 Å². The van der Waals surface area contributed by atoms with Crippen LogP contribution in [0.3, 0.4) is 0 Å². The molecule has 106 valence electrons. The number of nitrogens with zero attached hydrogens (tertiary/aromatic N) is 1. The van der Waals surface area contributed by atoms with Gasteiger partial charge in [0, 0.05) is 19.6 Å². The first-order valence-corrected chi connectivity index (χ1v) is 8.17. The summed E-state index contributed by atoms with van der Waals surface area (Å²) in [6.45, 7) is 11.1. The maximum Gasteiger partial charge on any atom is 0.00503 e. The third-order valence-corrected chi connectivity index (χ3v) is 4.96. The molecule has 1 atom stereocenters. The van der Waals surface area contributed by atoms with Crippen LogP contribution in [0.5, 0.6) is 0 Å². The summed E-state index contributed by atoms with van der Waals surface area (Å²) in [5, 5.41) is 3.63. The molecule has 0 aromatic heterocycles. The third-order valence-electron chi connectivity index (χ3n) is 4.96. The monoisotopic (exact) mass is 252 g/mol. The molecule has 1 saturated heterocycles. The molecule has 0 radical (unpaired) electrons. The molecule has 2 heteroatoms. The van der Waals surface area contributed by atoms with Crippen molar-refractivity contribution < 1.29 is 0 Å². The maximum absolute atomic E-state index is 3.63. The fourth-order valence-electron chi connectivity index (χ4n) is 3.99. The Morgan fingerprint density at radius 1 is 1.17 bits per heavy atom. The Bertz CT molecular complexity index is 233. The molecule has 1 aliphatic heterocycles. The van der Waals surface area contributed by atoms with Crippen LogP contribution in [0.25, 0.3) is 0 Å². The van der Waals surface area contributed by atoms with E-state index in [1.54, 1.807) is 0 Å². The van der Waals surface area contributed by atoms with Gasteiger partial charge in [-0.1, -0.05) is 33.1 Å². The van der Waals surface area contributed by atoms with Gasteiger partial charge in [-0.15, -0.1) is 0 Å². The first-order valence-electron chi connectivity index (χ1n) is 8.17. The Balaban J connectivity index is 1.91. The number of nitrogens with one attached hydrogen (secondary N) is 1. The second kappa shape index (κ2) is 6.91. The lowest BCUT2D eigenvalue weighted by atomic mass is 9.73. The van der Waals surface area contributed by atoms with Crippen LogP contribution in [0.2, 0.25) is 0 Å². The van der Waals surface area contributed by atoms with Crippen LogP contribution in [0.1, 0.15) is 58.8 Å². The van der Waals surface area contributed by atoms with Gasteiger partial charge in [0.05, 0.1) is 0 Å². The smallest absolute Gasteiger partial charge is 0.00503 e. The second-order valence-corrected chi connectivity index (χ2v) is 6.82. The van der Waals surface area contributed by atoms with Gasteiger partial charge >= 0.3 is 0 Å². The van der Waals surface area contributed by atoms with Crippen molar-refractivity contribution in [1.82, 2.24) is 10.2 Å². The molecule has 2 aliphatic rings. The van der Waals surface area contributed by atoms with Crippen LogP contribution in [0.15, 0.2) is 0 Å². The van der Waals surface area contributed by atoms with Crippen LogP contribution in [0, 0.1) is 11.3 Å². The van der Waals surface area contributed by atoms with E-state index in [0.717, 1.165) is 12.5 Å². The molecule has 18 heavy (non-hydrogen) atoms. The van der Waals surface area contributed by atoms with E-state index >= 15 is 0 Å². The Labute approximate surface area is 114 Å². The SMILES string of the molecule is CCNCC1(CN2CCCC(C)C2)CCCCC1. The summed E-state index contributed by atoms with van der Waals surface area (Å²) in [4.78, 5) is 2.76. The van der Waals surface area contributed by atoms with E-state index in [0.29, 0.717) is 5.41 Å². The Morgan fingerprint density at radius 3 is 2.61 bits per heavy atom. The van der Waals surface area contributed by atoms with Gasteiger partial charge in [0.15, 0.2) is 0 Å². The number of hydrogen-bond donors (Lipinski definition) is 1. The average molecular weight is 252 g/mol. The van der Waals surface area contributed by atoms with E-state index in [1.807, 2.05) is 0 Å². The fourth-order valence-corrected chi connectivity index (χ4v) is 3.99. The molecule has 1 unspecified atom stereocenters. The van der Waals surface area contributed by atoms with Crippen LogP contribution in [-0.2, 0) is 0 Å². The second-order valence-electron chi connectivity index (χ2n) is 6.82. The van der Waals surface area contributed by atoms with Crippen molar-refractivity contribution in [2.45, 2.75) is 58.8 Å². The first-order chi connectivity index (χ1) is 8.74. The van der Waals surface area contributed by atoms with E-state index in [2.05, 4.69) is 24.1 Å². The molecular weight excluding hydrogens is 220 g/mol. The zero-order valence-corrected chi connectivity index (χ0v) is 12.5. The predicted molar refractivity (Wildman–Crippen MR) is 78.9 cm³/mol. The van der Waals surface area contributed by atoms with Gasteiger partial charge < -0.3 is 10.2 Å². The third kappa shape index (κ3) is 3.96. The molecule has 0 spiro atoms. The van der Waals surface area contributed by atoms with Crippen molar-refractivity contribution >= 4 is 0 Å². The van der Waals surface area contributed by atoms with Crippen molar-refractivity contribution in [2.75, 3.05) is 32.7 Å². The summed E-state index contributed by atoms with van der Waals surface area (Å²) in [7, 11) is 0. The molecule has 1 aliphatic carbocycles. The van der Waals surface area contributed by atoms with E-state index in [1.165, 1.54) is 71.1 Å². The molecule has 0 aromatic rings. The van der Waals surface area contributed by atoms with Gasteiger partial charge in [-0.3, -0.25) is 0 Å². The zero-order chi connectivity index (χ0) is 12.8. The number of piperidine rings is 1. The quantitative estimate of drug-likeness (QED) is 0.808. The summed E-state index contributed by atoms with van der Waals surface area (Å²) in [6, 6.07) is 0. The molecule has 2 nitrogen and oxygen atoms in total. The van der Waals surface area contributed by atoms with Crippen LogP contribution < -0.4 is 5.32 Å². The fraction of sp³-hybridized carbons (Fsp3) is 1.00. The molecule has 0 bridgehead atoms. The lowest BCUT2D eigenvalue weighted by molar-refractivity contribution is 0.0762. The predicted octanol–water partition coefficient (Wildman–Crippen LogP) is 3.28. The first kappa shape index (κ1) is 14.3. The molecule has 0 amide bonds. The van der Waals surface area contributed by atoms with Gasteiger partial charge in [-0.25, -0.2) is 0 Å². The summed E-state index contributed by atoms with van der Waals surface area (Å²) in [5.41, 5.74) is 0.589. The summed E-state index contributed by atoms with van der Waals surface area (Å²) < 4.78 is 0. The van der Waals surface area contributed by atoms with Crippen LogP contribution >= 0.6 is 0 Å². The van der Waals surface area contributed by atoms with E-state index < -0.39 is 0 Å². The van der Waals surface area contributed by atoms with Crippen molar-refractivity contribution in [1.29, 1.82) is 0 Å². The Hall–Kier alpha value is -0.0800. The highest BCUT2D eigenvalue weighted by Crippen LogP contribution is 2.37. The minimum Gasteiger partial charge on any atom is -0.316 e. The molecular formula is C16H32N2. The maximum atomic E-state index is 3.63. The zero-order valence-electron chi connectivity index (χ0n) is 12.5. The van der Waals surface area contributed by atoms with Crippen molar-refractivity contribution in [3.05, 3.63) is 0 Å². The Morgan fingerprint density at radius 2 is 1.94 bits per heavy atom. The number of hydrogen-bond acceptors (Lipinski definition) is 2. The van der Waals surface area contributed by atoms with Crippen molar-refractivity contribution in [3.63, 3.8) is 0 Å². The minimum absolute atomic E-state index is 0.589. The highest BCUT2D eigenvalue weighted by molar-refractivity contribution is 4.89. The standard InChI is InChI=1S/C16H32N2/c1-3-17-13-16(9-5-4-6-10-16)14-18-11-7-8-15(2)12-18/h15,17H,3-14H2,1-2H3. The summed E-state index contributed by atoms with van der Waals surface area (Å²) in [6.07, 6.45) is 10.1. The molecule has 2 fully saturated rings. The van der Waals surface area contributed by atoms with E-state index in [4.69, 9.17) is 0 Å². The molecule has 0 aromatic carbocycles. The van der Waals surface area contributed by atoms with E-state index in [9.17, 15) is 0 Å². The molecule has 1 N–H and O–H groups in total. The van der Waals surface area contributed by atoms with Crippen molar-refractivity contribution in [2.24, 2.45) is 11.3 Å².